The molecule has 0 bridgehead atoms. The summed E-state index contributed by atoms with van der Waals surface area (Å²) < 4.78 is 5.08. The van der Waals surface area contributed by atoms with Gasteiger partial charge in [0.15, 0.2) is 5.96 Å². The minimum atomic E-state index is 0. The van der Waals surface area contributed by atoms with Crippen LogP contribution in [0.15, 0.2) is 41.4 Å². The molecule has 8 heteroatoms. The Labute approximate surface area is 185 Å². The zero-order valence-electron chi connectivity index (χ0n) is 17.1. The monoisotopic (exact) mass is 500 g/mol. The molecule has 28 heavy (non-hydrogen) atoms. The van der Waals surface area contributed by atoms with Gasteiger partial charge in [-0.3, -0.25) is 4.99 Å². The van der Waals surface area contributed by atoms with Crippen LogP contribution < -0.4 is 16.0 Å². The molecule has 2 aromatic rings. The van der Waals surface area contributed by atoms with Crippen LogP contribution in [0.25, 0.3) is 10.9 Å². The van der Waals surface area contributed by atoms with E-state index in [1.165, 1.54) is 0 Å². The van der Waals surface area contributed by atoms with Gasteiger partial charge in [0.2, 0.25) is 0 Å². The molecule has 0 aliphatic carbocycles. The summed E-state index contributed by atoms with van der Waals surface area (Å²) in [6.07, 6.45) is 1.05. The Morgan fingerprint density at radius 2 is 1.86 bits per heavy atom. The molecular weight excluding hydrogens is 467 g/mol. The topological polar surface area (TPSA) is 73.8 Å². The molecule has 0 saturated carbocycles. The third-order valence-corrected chi connectivity index (χ3v) is 4.22. The van der Waals surface area contributed by atoms with Crippen molar-refractivity contribution >= 4 is 46.7 Å². The number of nitrogens with zero attached hydrogens (tertiary/aromatic N) is 3. The molecule has 0 radical (unpaired) electrons. The Kier molecular flexibility index (Phi) is 12.5. The number of likely N-dealkylation sites (N-methyl/N-ethyl adjacent to an activating group) is 1. The summed E-state index contributed by atoms with van der Waals surface area (Å²) in [6.45, 7) is 5.18. The Balaban J connectivity index is 0.00000392. The largest absolute Gasteiger partial charge is 0.385 e. The van der Waals surface area contributed by atoms with Gasteiger partial charge in [-0.25, -0.2) is 4.98 Å². The Hall–Kier alpha value is -1.65. The summed E-state index contributed by atoms with van der Waals surface area (Å²) in [5.74, 6) is 1.70. The van der Waals surface area contributed by atoms with Crippen LogP contribution in [0.5, 0.6) is 0 Å². The van der Waals surface area contributed by atoms with Crippen molar-refractivity contribution in [2.45, 2.75) is 6.42 Å². The molecule has 0 atom stereocenters. The SMILES string of the molecule is CN=C(NCCNc1ccc2ccccc2n1)NCCN(C)CCCOC.I. The maximum Gasteiger partial charge on any atom is 0.191 e. The molecule has 3 N–H and O–H groups in total. The lowest BCUT2D eigenvalue weighted by molar-refractivity contribution is 0.180. The predicted molar refractivity (Wildman–Crippen MR) is 129 cm³/mol. The van der Waals surface area contributed by atoms with Gasteiger partial charge in [-0.1, -0.05) is 18.2 Å². The standard InChI is InChI=1S/C20H32N6O.HI/c1-21-20(24-13-15-26(2)14-6-16-27-3)23-12-11-22-19-10-9-17-7-4-5-8-18(17)25-19;/h4-5,7-10H,6,11-16H2,1-3H3,(H,22,25)(H2,21,23,24);1H. The number of rotatable bonds is 11. The van der Waals surface area contributed by atoms with Crippen LogP contribution in [0.3, 0.4) is 0 Å². The second-order valence-electron chi connectivity index (χ2n) is 6.39. The number of aromatic nitrogens is 1. The number of para-hydroxylation sites is 1. The summed E-state index contributed by atoms with van der Waals surface area (Å²) >= 11 is 0. The second-order valence-corrected chi connectivity index (χ2v) is 6.39. The lowest BCUT2D eigenvalue weighted by Crippen LogP contribution is -2.42. The Morgan fingerprint density at radius 3 is 2.64 bits per heavy atom. The van der Waals surface area contributed by atoms with Crippen LogP contribution >= 0.6 is 24.0 Å². The van der Waals surface area contributed by atoms with Gasteiger partial charge < -0.3 is 25.6 Å². The van der Waals surface area contributed by atoms with Crippen molar-refractivity contribution in [2.75, 3.05) is 65.9 Å². The molecule has 7 nitrogen and oxygen atoms in total. The highest BCUT2D eigenvalue weighted by molar-refractivity contribution is 14.0. The number of hydrogen-bond acceptors (Lipinski definition) is 5. The van der Waals surface area contributed by atoms with Gasteiger partial charge in [0.05, 0.1) is 5.52 Å². The average Bonchev–Trinajstić information content (AvgIpc) is 2.70. The number of aliphatic imine (C=N–C) groups is 1. The van der Waals surface area contributed by atoms with E-state index in [1.54, 1.807) is 14.2 Å². The zero-order valence-corrected chi connectivity index (χ0v) is 19.4. The number of ether oxygens (including phenoxy) is 1. The smallest absolute Gasteiger partial charge is 0.191 e. The minimum Gasteiger partial charge on any atom is -0.385 e. The lowest BCUT2D eigenvalue weighted by Gasteiger charge is -2.18. The Bertz CT molecular complexity index is 712. The van der Waals surface area contributed by atoms with E-state index < -0.39 is 0 Å². The van der Waals surface area contributed by atoms with E-state index in [9.17, 15) is 0 Å². The number of methoxy groups -OCH3 is 1. The molecule has 1 aromatic carbocycles. The molecule has 0 saturated heterocycles. The molecule has 0 spiro atoms. The molecule has 0 amide bonds. The van der Waals surface area contributed by atoms with Crippen molar-refractivity contribution in [1.82, 2.24) is 20.5 Å². The first kappa shape index (κ1) is 24.4. The van der Waals surface area contributed by atoms with E-state index in [1.807, 2.05) is 24.3 Å². The number of halogens is 1. The van der Waals surface area contributed by atoms with Crippen molar-refractivity contribution in [2.24, 2.45) is 4.99 Å². The molecule has 1 aromatic heterocycles. The third-order valence-electron chi connectivity index (χ3n) is 4.22. The molecule has 0 unspecified atom stereocenters. The van der Waals surface area contributed by atoms with E-state index in [0.717, 1.165) is 68.4 Å². The van der Waals surface area contributed by atoms with Crippen molar-refractivity contribution in [3.05, 3.63) is 36.4 Å². The van der Waals surface area contributed by atoms with Crippen molar-refractivity contribution in [3.63, 3.8) is 0 Å². The molecule has 0 aliphatic rings. The van der Waals surface area contributed by atoms with E-state index in [0.29, 0.717) is 0 Å². The zero-order chi connectivity index (χ0) is 19.3. The van der Waals surface area contributed by atoms with Crippen LogP contribution in [-0.2, 0) is 4.74 Å². The summed E-state index contributed by atoms with van der Waals surface area (Å²) in [5, 5.41) is 11.1. The van der Waals surface area contributed by atoms with Crippen LogP contribution in [0.4, 0.5) is 5.82 Å². The van der Waals surface area contributed by atoms with Crippen molar-refractivity contribution in [3.8, 4) is 0 Å². The van der Waals surface area contributed by atoms with Gasteiger partial charge in [-0.05, 0) is 31.7 Å². The average molecular weight is 500 g/mol. The number of guanidine groups is 1. The fraction of sp³-hybridized carbons (Fsp3) is 0.500. The summed E-state index contributed by atoms with van der Waals surface area (Å²) in [6, 6.07) is 12.2. The summed E-state index contributed by atoms with van der Waals surface area (Å²) in [4.78, 5) is 11.2. The van der Waals surface area contributed by atoms with Crippen molar-refractivity contribution < 1.29 is 4.74 Å². The van der Waals surface area contributed by atoms with Gasteiger partial charge in [0.25, 0.3) is 0 Å². The van der Waals surface area contributed by atoms with Crippen molar-refractivity contribution in [1.29, 1.82) is 0 Å². The molecule has 2 rings (SSSR count). The number of nitrogens with one attached hydrogen (secondary N) is 3. The molecule has 0 aliphatic heterocycles. The molecular formula is C20H33IN6O. The van der Waals surface area contributed by atoms with Crippen LogP contribution in [0, 0.1) is 0 Å². The van der Waals surface area contributed by atoms with Crippen LogP contribution in [0.1, 0.15) is 6.42 Å². The maximum atomic E-state index is 5.08. The molecule has 156 valence electrons. The number of pyridine rings is 1. The normalized spacial score (nSPS) is 11.4. The van der Waals surface area contributed by atoms with Crippen LogP contribution in [0.2, 0.25) is 0 Å². The van der Waals surface area contributed by atoms with Gasteiger partial charge in [-0.2, -0.15) is 0 Å². The number of anilines is 1. The van der Waals surface area contributed by atoms with E-state index in [2.05, 4.69) is 50.0 Å². The highest BCUT2D eigenvalue weighted by Crippen LogP contribution is 2.13. The summed E-state index contributed by atoms with van der Waals surface area (Å²) in [7, 11) is 5.64. The summed E-state index contributed by atoms with van der Waals surface area (Å²) in [5.41, 5.74) is 1.00. The molecule has 0 fully saturated rings. The van der Waals surface area contributed by atoms with Gasteiger partial charge in [0.1, 0.15) is 5.82 Å². The lowest BCUT2D eigenvalue weighted by atomic mass is 10.2. The number of hydrogen-bond donors (Lipinski definition) is 3. The Morgan fingerprint density at radius 1 is 1.07 bits per heavy atom. The van der Waals surface area contributed by atoms with Gasteiger partial charge in [-0.15, -0.1) is 24.0 Å². The first-order valence-electron chi connectivity index (χ1n) is 9.44. The second kappa shape index (κ2) is 14.4. The fourth-order valence-corrected chi connectivity index (χ4v) is 2.71. The van der Waals surface area contributed by atoms with Crippen LogP contribution in [-0.4, -0.2) is 76.4 Å². The number of benzene rings is 1. The maximum absolute atomic E-state index is 5.08. The first-order valence-corrected chi connectivity index (χ1v) is 9.44. The quantitative estimate of drug-likeness (QED) is 0.191. The van der Waals surface area contributed by atoms with E-state index in [4.69, 9.17) is 4.74 Å². The highest BCUT2D eigenvalue weighted by atomic mass is 127. The fourth-order valence-electron chi connectivity index (χ4n) is 2.71. The minimum absolute atomic E-state index is 0. The first-order chi connectivity index (χ1) is 13.2. The van der Waals surface area contributed by atoms with E-state index in [-0.39, 0.29) is 24.0 Å². The third kappa shape index (κ3) is 9.03. The van der Waals surface area contributed by atoms with Gasteiger partial charge in [0, 0.05) is 58.9 Å². The van der Waals surface area contributed by atoms with Gasteiger partial charge >= 0.3 is 0 Å². The predicted octanol–water partition coefficient (Wildman–Crippen LogP) is 2.40. The van der Waals surface area contributed by atoms with E-state index >= 15 is 0 Å². The number of fused-ring (bicyclic) bond motifs is 1. The molecule has 1 heterocycles. The highest BCUT2D eigenvalue weighted by Gasteiger charge is 2.01.